The molecule has 5 nitrogen and oxygen atoms in total. The summed E-state index contributed by atoms with van der Waals surface area (Å²) in [4.78, 5) is 12.4. The first-order valence-electron chi connectivity index (χ1n) is 14.8. The van der Waals surface area contributed by atoms with Gasteiger partial charge in [-0.1, -0.05) is 97.3 Å². The second-order valence-electron chi connectivity index (χ2n) is 10.1. The molecular formula is C29H59NO4. The van der Waals surface area contributed by atoms with Crippen molar-refractivity contribution in [2.24, 2.45) is 0 Å². The fraction of sp³-hybridized carbons (Fsp3) is 0.966. The Morgan fingerprint density at radius 3 is 1.71 bits per heavy atom. The number of carbonyl (C=O) groups is 1. The normalized spacial score (nSPS) is 12.4. The summed E-state index contributed by atoms with van der Waals surface area (Å²) in [5.74, 6) is -0.00146. The molecule has 0 bridgehead atoms. The van der Waals surface area contributed by atoms with Crippen LogP contribution in [0.15, 0.2) is 0 Å². The third kappa shape index (κ3) is 23.1. The lowest BCUT2D eigenvalue weighted by Gasteiger charge is -2.18. The first-order chi connectivity index (χ1) is 16.7. The first kappa shape index (κ1) is 33.4. The van der Waals surface area contributed by atoms with Gasteiger partial charge in [-0.15, -0.1) is 0 Å². The third-order valence-corrected chi connectivity index (χ3v) is 6.75. The second-order valence-corrected chi connectivity index (χ2v) is 10.1. The minimum atomic E-state index is -0.00146. The van der Waals surface area contributed by atoms with Crippen molar-refractivity contribution in [1.29, 1.82) is 0 Å². The van der Waals surface area contributed by atoms with E-state index in [1.54, 1.807) is 0 Å². The summed E-state index contributed by atoms with van der Waals surface area (Å²) < 4.78 is 5.92. The average molecular weight is 486 g/mol. The van der Waals surface area contributed by atoms with E-state index in [1.807, 2.05) is 0 Å². The highest BCUT2D eigenvalue weighted by Gasteiger charge is 2.14. The van der Waals surface area contributed by atoms with Crippen LogP contribution in [0.4, 0.5) is 0 Å². The van der Waals surface area contributed by atoms with Crippen molar-refractivity contribution in [1.82, 2.24) is 5.32 Å². The van der Waals surface area contributed by atoms with E-state index < -0.39 is 0 Å². The summed E-state index contributed by atoms with van der Waals surface area (Å²) in [6.45, 7) is 5.54. The predicted octanol–water partition coefficient (Wildman–Crippen LogP) is 7.07. The molecule has 0 heterocycles. The van der Waals surface area contributed by atoms with Gasteiger partial charge in [-0.25, -0.2) is 0 Å². The van der Waals surface area contributed by atoms with Crippen LogP contribution in [0.5, 0.6) is 0 Å². The van der Waals surface area contributed by atoms with E-state index in [2.05, 4.69) is 19.2 Å². The minimum absolute atomic E-state index is 0.000368. The van der Waals surface area contributed by atoms with Crippen molar-refractivity contribution >= 4 is 5.97 Å². The predicted molar refractivity (Wildman–Crippen MR) is 144 cm³/mol. The molecule has 0 fully saturated rings. The van der Waals surface area contributed by atoms with Gasteiger partial charge in [-0.3, -0.25) is 4.79 Å². The Labute approximate surface area is 211 Å². The first-order valence-corrected chi connectivity index (χ1v) is 14.8. The SMILES string of the molecule is CCCCCCCCC(CCCCCCCC)OC(=O)CCCCCCCNC(CO)CCO. The lowest BCUT2D eigenvalue weighted by atomic mass is 10.0. The number of aliphatic hydroxyl groups is 2. The van der Waals surface area contributed by atoms with Gasteiger partial charge in [-0.2, -0.15) is 0 Å². The molecule has 1 atom stereocenters. The Kier molecular flexibility index (Phi) is 26.4. The summed E-state index contributed by atoms with van der Waals surface area (Å²) in [5.41, 5.74) is 0. The maximum absolute atomic E-state index is 12.4. The van der Waals surface area contributed by atoms with Crippen molar-refractivity contribution in [2.45, 2.75) is 161 Å². The molecule has 0 amide bonds. The molecule has 0 aromatic carbocycles. The molecule has 5 heteroatoms. The van der Waals surface area contributed by atoms with Crippen LogP contribution in [0.3, 0.4) is 0 Å². The number of aliphatic hydroxyl groups excluding tert-OH is 2. The van der Waals surface area contributed by atoms with Gasteiger partial charge >= 0.3 is 5.97 Å². The number of nitrogens with one attached hydrogen (secondary N) is 1. The van der Waals surface area contributed by atoms with Gasteiger partial charge in [0.05, 0.1) is 6.61 Å². The molecule has 204 valence electrons. The van der Waals surface area contributed by atoms with E-state index in [1.165, 1.54) is 77.0 Å². The molecule has 1 unspecified atom stereocenters. The number of rotatable bonds is 27. The molecule has 0 radical (unpaired) electrons. The summed E-state index contributed by atoms with van der Waals surface area (Å²) in [6, 6.07) is 0.000368. The quantitative estimate of drug-likeness (QED) is 0.0856. The summed E-state index contributed by atoms with van der Waals surface area (Å²) in [7, 11) is 0. The molecule has 0 saturated heterocycles. The molecule has 0 aliphatic carbocycles. The molecule has 0 rings (SSSR count). The highest BCUT2D eigenvalue weighted by atomic mass is 16.5. The van der Waals surface area contributed by atoms with Crippen LogP contribution < -0.4 is 5.32 Å². The lowest BCUT2D eigenvalue weighted by Crippen LogP contribution is -2.34. The average Bonchev–Trinajstić information content (AvgIpc) is 2.84. The Morgan fingerprint density at radius 1 is 0.676 bits per heavy atom. The fourth-order valence-electron chi connectivity index (χ4n) is 4.46. The molecule has 0 spiro atoms. The smallest absolute Gasteiger partial charge is 0.306 e. The maximum atomic E-state index is 12.4. The van der Waals surface area contributed by atoms with Crippen LogP contribution in [-0.2, 0) is 9.53 Å². The van der Waals surface area contributed by atoms with Crippen LogP contribution in [0.2, 0.25) is 0 Å². The summed E-state index contributed by atoms with van der Waals surface area (Å²) >= 11 is 0. The third-order valence-electron chi connectivity index (χ3n) is 6.75. The Hall–Kier alpha value is -0.650. The van der Waals surface area contributed by atoms with Gasteiger partial charge in [0, 0.05) is 19.1 Å². The zero-order chi connectivity index (χ0) is 25.1. The van der Waals surface area contributed by atoms with Crippen molar-refractivity contribution in [3.05, 3.63) is 0 Å². The van der Waals surface area contributed by atoms with Gasteiger partial charge in [0.15, 0.2) is 0 Å². The van der Waals surface area contributed by atoms with Crippen molar-refractivity contribution in [2.75, 3.05) is 19.8 Å². The van der Waals surface area contributed by atoms with Gasteiger partial charge in [0.2, 0.25) is 0 Å². The zero-order valence-electron chi connectivity index (χ0n) is 22.8. The number of hydrogen-bond donors (Lipinski definition) is 3. The maximum Gasteiger partial charge on any atom is 0.306 e. The highest BCUT2D eigenvalue weighted by Crippen LogP contribution is 2.18. The molecule has 0 aromatic heterocycles. The molecule has 0 saturated carbocycles. The Morgan fingerprint density at radius 2 is 1.18 bits per heavy atom. The van der Waals surface area contributed by atoms with Crippen LogP contribution in [0.25, 0.3) is 0 Å². The zero-order valence-corrected chi connectivity index (χ0v) is 22.8. The number of hydrogen-bond acceptors (Lipinski definition) is 5. The molecule has 34 heavy (non-hydrogen) atoms. The second kappa shape index (κ2) is 26.9. The molecular weight excluding hydrogens is 426 g/mol. The lowest BCUT2D eigenvalue weighted by molar-refractivity contribution is -0.150. The number of unbranched alkanes of at least 4 members (excludes halogenated alkanes) is 14. The van der Waals surface area contributed by atoms with Crippen molar-refractivity contribution < 1.29 is 19.7 Å². The van der Waals surface area contributed by atoms with Crippen LogP contribution >= 0.6 is 0 Å². The van der Waals surface area contributed by atoms with Crippen LogP contribution in [-0.4, -0.2) is 48.1 Å². The van der Waals surface area contributed by atoms with Gasteiger partial charge in [0.1, 0.15) is 6.10 Å². The molecule has 0 aromatic rings. The van der Waals surface area contributed by atoms with Crippen molar-refractivity contribution in [3.8, 4) is 0 Å². The molecule has 0 aliphatic heterocycles. The molecule has 0 aliphatic rings. The Balaban J connectivity index is 3.97. The van der Waals surface area contributed by atoms with E-state index in [4.69, 9.17) is 9.84 Å². The summed E-state index contributed by atoms with van der Waals surface area (Å²) in [6.07, 6.45) is 24.0. The minimum Gasteiger partial charge on any atom is -0.462 e. The number of carbonyl (C=O) groups excluding carboxylic acids is 1. The van der Waals surface area contributed by atoms with E-state index in [0.29, 0.717) is 12.8 Å². The van der Waals surface area contributed by atoms with E-state index >= 15 is 0 Å². The number of esters is 1. The van der Waals surface area contributed by atoms with Gasteiger partial charge < -0.3 is 20.3 Å². The van der Waals surface area contributed by atoms with E-state index in [-0.39, 0.29) is 31.3 Å². The highest BCUT2D eigenvalue weighted by molar-refractivity contribution is 5.69. The van der Waals surface area contributed by atoms with Gasteiger partial charge in [-0.05, 0) is 51.5 Å². The fourth-order valence-corrected chi connectivity index (χ4v) is 4.46. The molecule has 3 N–H and O–H groups in total. The van der Waals surface area contributed by atoms with Crippen molar-refractivity contribution in [3.63, 3.8) is 0 Å². The topological polar surface area (TPSA) is 78.8 Å². The number of ether oxygens (including phenoxy) is 1. The van der Waals surface area contributed by atoms with Crippen LogP contribution in [0, 0.1) is 0 Å². The standard InChI is InChI=1S/C29H59NO4/c1-3-5-7-9-12-16-20-28(21-17-13-10-8-6-4-2)34-29(33)22-18-14-11-15-19-24-30-27(26-32)23-25-31/h27-28,30-32H,3-26H2,1-2H3. The van der Waals surface area contributed by atoms with Crippen LogP contribution in [0.1, 0.15) is 149 Å². The van der Waals surface area contributed by atoms with E-state index in [0.717, 1.165) is 51.5 Å². The van der Waals surface area contributed by atoms with Gasteiger partial charge in [0.25, 0.3) is 0 Å². The Bertz CT molecular complexity index is 403. The van der Waals surface area contributed by atoms with E-state index in [9.17, 15) is 9.90 Å². The largest absolute Gasteiger partial charge is 0.462 e. The monoisotopic (exact) mass is 485 g/mol. The summed E-state index contributed by atoms with van der Waals surface area (Å²) in [5, 5.41) is 21.4.